The minimum Gasteiger partial charge on any atom is -0.479 e. The Kier molecular flexibility index (Phi) is 5.37. The first-order valence-electron chi connectivity index (χ1n) is 6.48. The highest BCUT2D eigenvalue weighted by Gasteiger charge is 2.26. The highest BCUT2D eigenvalue weighted by Crippen LogP contribution is 2.39. The normalized spacial score (nSPS) is 11.6. The van der Waals surface area contributed by atoms with Gasteiger partial charge in [-0.3, -0.25) is 10.1 Å². The molecule has 0 radical (unpaired) electrons. The van der Waals surface area contributed by atoms with Gasteiger partial charge in [-0.1, -0.05) is 6.07 Å². The second-order valence-electron chi connectivity index (χ2n) is 4.51. The van der Waals surface area contributed by atoms with Gasteiger partial charge >= 0.3 is 11.7 Å². The van der Waals surface area contributed by atoms with Crippen molar-refractivity contribution in [1.29, 1.82) is 0 Å². The van der Waals surface area contributed by atoms with Crippen molar-refractivity contribution in [2.24, 2.45) is 0 Å². The Bertz CT molecular complexity index is 731. The fourth-order valence-electron chi connectivity index (χ4n) is 1.73. The van der Waals surface area contributed by atoms with Crippen LogP contribution in [0.2, 0.25) is 0 Å². The Balaban J connectivity index is 2.37. The predicted molar refractivity (Wildman–Crippen MR) is 90.1 cm³/mol. The average Bonchev–Trinajstić information content (AvgIpc) is 2.49. The summed E-state index contributed by atoms with van der Waals surface area (Å²) in [6, 6.07) is 11.2. The van der Waals surface area contributed by atoms with Gasteiger partial charge in [0.2, 0.25) is 11.5 Å². The molecule has 0 bridgehead atoms. The number of nitro benzene ring substituents is 1. The van der Waals surface area contributed by atoms with Crippen LogP contribution in [-0.2, 0) is 4.79 Å². The predicted octanol–water partition coefficient (Wildman–Crippen LogP) is 3.84. The molecule has 0 saturated carbocycles. The standard InChI is InChI=1S/C15H12INO6/c1-9(15(18)19)22-12-3-2-4-13(14(12)17(20)21)23-11-7-5-10(16)6-8-11/h2-9H,1H3,(H,18,19). The van der Waals surface area contributed by atoms with Gasteiger partial charge in [0.25, 0.3) is 0 Å². The molecule has 0 amide bonds. The van der Waals surface area contributed by atoms with E-state index in [2.05, 4.69) is 22.6 Å². The van der Waals surface area contributed by atoms with Crippen LogP contribution < -0.4 is 9.47 Å². The first-order valence-corrected chi connectivity index (χ1v) is 7.56. The summed E-state index contributed by atoms with van der Waals surface area (Å²) in [5.41, 5.74) is -0.417. The quantitative estimate of drug-likeness (QED) is 0.426. The van der Waals surface area contributed by atoms with Gasteiger partial charge in [0, 0.05) is 3.57 Å². The Labute approximate surface area is 145 Å². The third kappa shape index (κ3) is 4.31. The number of carboxylic acid groups (broad SMARTS) is 1. The Morgan fingerprint density at radius 2 is 1.83 bits per heavy atom. The summed E-state index contributed by atoms with van der Waals surface area (Å²) in [7, 11) is 0. The zero-order chi connectivity index (χ0) is 17.0. The third-order valence-corrected chi connectivity index (χ3v) is 3.56. The number of carboxylic acids is 1. The Morgan fingerprint density at radius 3 is 2.39 bits per heavy atom. The molecule has 0 heterocycles. The fraction of sp³-hybridized carbons (Fsp3) is 0.133. The minimum absolute atomic E-state index is 0.0219. The number of benzene rings is 2. The highest BCUT2D eigenvalue weighted by molar-refractivity contribution is 14.1. The van der Waals surface area contributed by atoms with E-state index >= 15 is 0 Å². The monoisotopic (exact) mass is 429 g/mol. The van der Waals surface area contributed by atoms with Gasteiger partial charge in [-0.25, -0.2) is 4.79 Å². The van der Waals surface area contributed by atoms with E-state index in [1.165, 1.54) is 25.1 Å². The summed E-state index contributed by atoms with van der Waals surface area (Å²) >= 11 is 2.13. The molecule has 1 atom stereocenters. The molecule has 0 spiro atoms. The Morgan fingerprint density at radius 1 is 1.22 bits per heavy atom. The number of halogens is 1. The van der Waals surface area contributed by atoms with Gasteiger partial charge in [0.05, 0.1) is 4.92 Å². The summed E-state index contributed by atoms with van der Waals surface area (Å²) < 4.78 is 11.7. The van der Waals surface area contributed by atoms with Gasteiger partial charge in [0.1, 0.15) is 5.75 Å². The molecule has 2 aromatic carbocycles. The maximum atomic E-state index is 11.3. The van der Waals surface area contributed by atoms with Crippen molar-refractivity contribution in [3.63, 3.8) is 0 Å². The van der Waals surface area contributed by atoms with Crippen molar-refractivity contribution in [2.45, 2.75) is 13.0 Å². The third-order valence-electron chi connectivity index (χ3n) is 2.84. The van der Waals surface area contributed by atoms with E-state index in [0.29, 0.717) is 5.75 Å². The molecule has 0 fully saturated rings. The molecule has 7 nitrogen and oxygen atoms in total. The molecule has 0 aliphatic carbocycles. The maximum absolute atomic E-state index is 11.3. The molecule has 23 heavy (non-hydrogen) atoms. The molecule has 2 rings (SSSR count). The lowest BCUT2D eigenvalue weighted by Crippen LogP contribution is -2.23. The zero-order valence-corrected chi connectivity index (χ0v) is 14.1. The van der Waals surface area contributed by atoms with Gasteiger partial charge < -0.3 is 14.6 Å². The number of nitrogens with zero attached hydrogens (tertiary/aromatic N) is 1. The fourth-order valence-corrected chi connectivity index (χ4v) is 2.09. The van der Waals surface area contributed by atoms with E-state index in [1.807, 2.05) is 0 Å². The van der Waals surface area contributed by atoms with Crippen molar-refractivity contribution in [2.75, 3.05) is 0 Å². The summed E-state index contributed by atoms with van der Waals surface area (Å²) in [6.07, 6.45) is -1.22. The summed E-state index contributed by atoms with van der Waals surface area (Å²) in [6.45, 7) is 1.29. The lowest BCUT2D eigenvalue weighted by molar-refractivity contribution is -0.386. The van der Waals surface area contributed by atoms with E-state index in [9.17, 15) is 14.9 Å². The second-order valence-corrected chi connectivity index (χ2v) is 5.76. The average molecular weight is 429 g/mol. The van der Waals surface area contributed by atoms with E-state index in [-0.39, 0.29) is 11.5 Å². The van der Waals surface area contributed by atoms with E-state index in [4.69, 9.17) is 14.6 Å². The molecule has 120 valence electrons. The molecule has 0 saturated heterocycles. The van der Waals surface area contributed by atoms with Crippen LogP contribution in [0.4, 0.5) is 5.69 Å². The van der Waals surface area contributed by atoms with Gasteiger partial charge in [0.15, 0.2) is 6.10 Å². The lowest BCUT2D eigenvalue weighted by atomic mass is 10.2. The van der Waals surface area contributed by atoms with Crippen LogP contribution in [0.3, 0.4) is 0 Å². The van der Waals surface area contributed by atoms with Gasteiger partial charge in [-0.05, 0) is 65.9 Å². The minimum atomic E-state index is -1.22. The number of carbonyl (C=O) groups is 1. The van der Waals surface area contributed by atoms with Crippen LogP contribution in [0.25, 0.3) is 0 Å². The molecule has 2 aromatic rings. The number of ether oxygens (including phenoxy) is 2. The number of aliphatic carboxylic acids is 1. The summed E-state index contributed by atoms with van der Waals surface area (Å²) in [4.78, 5) is 21.5. The zero-order valence-electron chi connectivity index (χ0n) is 11.9. The van der Waals surface area contributed by atoms with Crippen LogP contribution in [0.5, 0.6) is 17.2 Å². The maximum Gasteiger partial charge on any atom is 0.352 e. The van der Waals surface area contributed by atoms with Crippen LogP contribution in [0, 0.1) is 13.7 Å². The largest absolute Gasteiger partial charge is 0.479 e. The number of hydrogen-bond donors (Lipinski definition) is 1. The summed E-state index contributed by atoms with van der Waals surface area (Å²) in [5, 5.41) is 20.2. The van der Waals surface area contributed by atoms with Crippen molar-refractivity contribution < 1.29 is 24.3 Å². The molecule has 1 unspecified atom stereocenters. The smallest absolute Gasteiger partial charge is 0.352 e. The Hall–Kier alpha value is -2.36. The first kappa shape index (κ1) is 17.0. The van der Waals surface area contributed by atoms with Crippen molar-refractivity contribution >= 4 is 34.2 Å². The summed E-state index contributed by atoms with van der Waals surface area (Å²) in [5.74, 6) is -0.973. The number of para-hydroxylation sites is 1. The molecular weight excluding hydrogens is 417 g/mol. The molecule has 1 N–H and O–H groups in total. The van der Waals surface area contributed by atoms with Crippen LogP contribution in [0.15, 0.2) is 42.5 Å². The van der Waals surface area contributed by atoms with E-state index < -0.39 is 22.7 Å². The molecule has 0 aromatic heterocycles. The highest BCUT2D eigenvalue weighted by atomic mass is 127. The van der Waals surface area contributed by atoms with E-state index in [1.54, 1.807) is 24.3 Å². The van der Waals surface area contributed by atoms with Crippen LogP contribution >= 0.6 is 22.6 Å². The second kappa shape index (κ2) is 7.27. The van der Waals surface area contributed by atoms with E-state index in [0.717, 1.165) is 3.57 Å². The number of hydrogen-bond acceptors (Lipinski definition) is 5. The van der Waals surface area contributed by atoms with Crippen LogP contribution in [-0.4, -0.2) is 22.1 Å². The van der Waals surface area contributed by atoms with Crippen molar-refractivity contribution in [3.05, 3.63) is 56.1 Å². The van der Waals surface area contributed by atoms with Crippen LogP contribution in [0.1, 0.15) is 6.92 Å². The number of nitro groups is 1. The first-order chi connectivity index (χ1) is 10.9. The van der Waals surface area contributed by atoms with Crippen molar-refractivity contribution in [1.82, 2.24) is 0 Å². The number of rotatable bonds is 6. The molecule has 0 aliphatic rings. The molecule has 8 heteroatoms. The van der Waals surface area contributed by atoms with Crippen molar-refractivity contribution in [3.8, 4) is 17.2 Å². The lowest BCUT2D eigenvalue weighted by Gasteiger charge is -2.13. The van der Waals surface area contributed by atoms with Gasteiger partial charge in [-0.15, -0.1) is 0 Å². The SMILES string of the molecule is CC(Oc1cccc(Oc2ccc(I)cc2)c1[N+](=O)[O-])C(=O)O. The molecule has 0 aliphatic heterocycles. The topological polar surface area (TPSA) is 98.9 Å². The van der Waals surface area contributed by atoms with Gasteiger partial charge in [-0.2, -0.15) is 0 Å². The molecular formula is C15H12INO6.